The Kier molecular flexibility index (Phi) is 9.32. The largest absolute Gasteiger partial charge is 0.489 e. The van der Waals surface area contributed by atoms with Gasteiger partial charge in [0.1, 0.15) is 23.7 Å². The summed E-state index contributed by atoms with van der Waals surface area (Å²) in [6.07, 6.45) is 0.160. The van der Waals surface area contributed by atoms with Gasteiger partial charge in [-0.25, -0.2) is 0 Å². The van der Waals surface area contributed by atoms with E-state index in [0.29, 0.717) is 24.3 Å². The summed E-state index contributed by atoms with van der Waals surface area (Å²) in [6, 6.07) is 25.9. The van der Waals surface area contributed by atoms with Crippen molar-refractivity contribution in [2.75, 3.05) is 0 Å². The van der Waals surface area contributed by atoms with Crippen LogP contribution in [0.4, 0.5) is 0 Å². The van der Waals surface area contributed by atoms with E-state index in [-0.39, 0.29) is 52.1 Å². The quantitative estimate of drug-likeness (QED) is 0.0928. The second-order valence-corrected chi connectivity index (χ2v) is 11.5. The van der Waals surface area contributed by atoms with Crippen LogP contribution in [0.3, 0.4) is 0 Å². The van der Waals surface area contributed by atoms with Gasteiger partial charge in [0.05, 0.1) is 29.4 Å². The van der Waals surface area contributed by atoms with E-state index in [4.69, 9.17) is 14.2 Å². The number of Topliss-reactive ketones (excluding diaryl/α,β-unsaturated/α-hetero) is 1. The molecule has 6 heteroatoms. The first kappa shape index (κ1) is 31.4. The van der Waals surface area contributed by atoms with Gasteiger partial charge in [-0.15, -0.1) is 0 Å². The molecule has 0 saturated heterocycles. The number of carbonyl (C=O) groups is 3. The molecule has 4 aromatic rings. The first-order valence-electron chi connectivity index (χ1n) is 15.1. The van der Waals surface area contributed by atoms with Crippen LogP contribution in [0.25, 0.3) is 0 Å². The summed E-state index contributed by atoms with van der Waals surface area (Å²) in [5.74, 6) is 4.86. The molecule has 228 valence electrons. The van der Waals surface area contributed by atoms with Crippen molar-refractivity contribution in [1.82, 2.24) is 0 Å². The number of aryl methyl sites for hydroxylation is 1. The molecule has 0 fully saturated rings. The molecule has 0 spiro atoms. The minimum atomic E-state index is -0.887. The molecule has 1 atom stereocenters. The van der Waals surface area contributed by atoms with Gasteiger partial charge in [-0.1, -0.05) is 85.6 Å². The summed E-state index contributed by atoms with van der Waals surface area (Å²) < 4.78 is 18.4. The average Bonchev–Trinajstić information content (AvgIpc) is 3.04. The fourth-order valence-corrected chi connectivity index (χ4v) is 5.20. The van der Waals surface area contributed by atoms with Crippen LogP contribution in [-0.2, 0) is 18.0 Å². The molecule has 1 aliphatic rings. The minimum Gasteiger partial charge on any atom is -0.489 e. The number of rotatable bonds is 10. The van der Waals surface area contributed by atoms with Gasteiger partial charge in [0, 0.05) is 11.1 Å². The molecule has 0 unspecified atom stereocenters. The standard InChI is InChI=1S/C39H36O6/c1-6-39(5,44-24-28-16-11-8-12-17-28)21-20-31(40)33-26(4)22-30-35(38(33)45-25(2)3)37(42)34-29(36(30)41)18-13-19-32(34)43-23-27-14-9-7-10-15-27/h7-19,22,25H,6,23-24H2,1-5H3/t39-/m1/s1. The summed E-state index contributed by atoms with van der Waals surface area (Å²) in [4.78, 5) is 41.9. The molecule has 1 aliphatic carbocycles. The van der Waals surface area contributed by atoms with Gasteiger partial charge in [0.2, 0.25) is 11.6 Å². The van der Waals surface area contributed by atoms with Gasteiger partial charge >= 0.3 is 0 Å². The monoisotopic (exact) mass is 600 g/mol. The Morgan fingerprint density at radius 2 is 1.47 bits per heavy atom. The van der Waals surface area contributed by atoms with Crippen molar-refractivity contribution in [1.29, 1.82) is 0 Å². The molecule has 0 aliphatic heterocycles. The maximum absolute atomic E-state index is 14.3. The van der Waals surface area contributed by atoms with Gasteiger partial charge in [0.15, 0.2) is 5.78 Å². The molecule has 0 aromatic heterocycles. The highest BCUT2D eigenvalue weighted by Crippen LogP contribution is 2.41. The van der Waals surface area contributed by atoms with Crippen LogP contribution >= 0.6 is 0 Å². The van der Waals surface area contributed by atoms with E-state index < -0.39 is 17.2 Å². The number of ketones is 3. The lowest BCUT2D eigenvalue weighted by Crippen LogP contribution is -2.27. The zero-order valence-corrected chi connectivity index (χ0v) is 26.2. The highest BCUT2D eigenvalue weighted by molar-refractivity contribution is 6.31. The zero-order valence-electron chi connectivity index (χ0n) is 26.2. The van der Waals surface area contributed by atoms with Crippen LogP contribution in [0.1, 0.15) is 93.0 Å². The zero-order chi connectivity index (χ0) is 32.1. The summed E-state index contributed by atoms with van der Waals surface area (Å²) in [6.45, 7) is 9.68. The average molecular weight is 601 g/mol. The number of ether oxygens (including phenoxy) is 3. The predicted octanol–water partition coefficient (Wildman–Crippen LogP) is 7.71. The minimum absolute atomic E-state index is 0.0475. The smallest absolute Gasteiger partial charge is 0.240 e. The molecular formula is C39H36O6. The third kappa shape index (κ3) is 6.74. The number of hydrogen-bond donors (Lipinski definition) is 0. The number of hydrogen-bond acceptors (Lipinski definition) is 6. The van der Waals surface area contributed by atoms with Gasteiger partial charge in [0.25, 0.3) is 0 Å². The van der Waals surface area contributed by atoms with E-state index in [1.807, 2.05) is 74.5 Å². The fraction of sp³-hybridized carbons (Fsp3) is 0.256. The Hall–Kier alpha value is -4.99. The first-order valence-corrected chi connectivity index (χ1v) is 15.1. The van der Waals surface area contributed by atoms with Crippen molar-refractivity contribution < 1.29 is 28.6 Å². The van der Waals surface area contributed by atoms with Crippen molar-refractivity contribution in [3.63, 3.8) is 0 Å². The van der Waals surface area contributed by atoms with Gasteiger partial charge in [-0.05, 0) is 68.9 Å². The van der Waals surface area contributed by atoms with E-state index in [1.165, 1.54) is 0 Å². The highest BCUT2D eigenvalue weighted by atomic mass is 16.5. The summed E-state index contributed by atoms with van der Waals surface area (Å²) in [5.41, 5.74) is 2.32. The lowest BCUT2D eigenvalue weighted by molar-refractivity contribution is -0.00188. The SMILES string of the molecule is CC[C@](C)(C#CC(=O)c1c(C)cc2c(c1OC(C)C)C(=O)c1c(OCc3ccccc3)cccc1C2=O)OCc1ccccc1. The first-order chi connectivity index (χ1) is 21.6. The lowest BCUT2D eigenvalue weighted by Gasteiger charge is -2.25. The van der Waals surface area contributed by atoms with Crippen LogP contribution in [0.5, 0.6) is 11.5 Å². The van der Waals surface area contributed by atoms with Crippen LogP contribution < -0.4 is 9.47 Å². The molecule has 0 N–H and O–H groups in total. The number of carbonyl (C=O) groups excluding carboxylic acids is 3. The highest BCUT2D eigenvalue weighted by Gasteiger charge is 2.38. The molecule has 45 heavy (non-hydrogen) atoms. The number of benzene rings is 4. The summed E-state index contributed by atoms with van der Waals surface area (Å²) in [7, 11) is 0. The molecule has 0 saturated carbocycles. The molecule has 0 heterocycles. The Balaban J connectivity index is 1.54. The third-order valence-electron chi connectivity index (χ3n) is 7.78. The second kappa shape index (κ2) is 13.3. The molecule has 0 amide bonds. The molecule has 5 rings (SSSR count). The van der Waals surface area contributed by atoms with Crippen LogP contribution in [-0.4, -0.2) is 29.1 Å². The van der Waals surface area contributed by atoms with Crippen molar-refractivity contribution in [3.8, 4) is 23.3 Å². The molecule has 6 nitrogen and oxygen atoms in total. The number of fused-ring (bicyclic) bond motifs is 2. The van der Waals surface area contributed by atoms with E-state index in [0.717, 1.165) is 11.1 Å². The summed E-state index contributed by atoms with van der Waals surface area (Å²) in [5, 5.41) is 0. The predicted molar refractivity (Wildman–Crippen MR) is 173 cm³/mol. The molecule has 0 bridgehead atoms. The van der Waals surface area contributed by atoms with Gasteiger partial charge < -0.3 is 14.2 Å². The fourth-order valence-electron chi connectivity index (χ4n) is 5.20. The normalized spacial score (nSPS) is 13.3. The van der Waals surface area contributed by atoms with Crippen molar-refractivity contribution in [2.24, 2.45) is 0 Å². The lowest BCUT2D eigenvalue weighted by atomic mass is 9.80. The third-order valence-corrected chi connectivity index (χ3v) is 7.78. The Bertz CT molecular complexity index is 1810. The van der Waals surface area contributed by atoms with Crippen LogP contribution in [0, 0.1) is 18.8 Å². The van der Waals surface area contributed by atoms with Crippen molar-refractivity contribution in [3.05, 3.63) is 129 Å². The topological polar surface area (TPSA) is 78.9 Å². The molecule has 4 aromatic carbocycles. The van der Waals surface area contributed by atoms with Crippen LogP contribution in [0.15, 0.2) is 84.9 Å². The van der Waals surface area contributed by atoms with E-state index in [1.54, 1.807) is 45.0 Å². The van der Waals surface area contributed by atoms with E-state index in [2.05, 4.69) is 11.8 Å². The van der Waals surface area contributed by atoms with Crippen LogP contribution in [0.2, 0.25) is 0 Å². The maximum atomic E-state index is 14.3. The Labute approximate surface area is 264 Å². The van der Waals surface area contributed by atoms with E-state index in [9.17, 15) is 14.4 Å². The van der Waals surface area contributed by atoms with Crippen molar-refractivity contribution in [2.45, 2.75) is 66.0 Å². The van der Waals surface area contributed by atoms with Gasteiger partial charge in [-0.3, -0.25) is 14.4 Å². The second-order valence-electron chi connectivity index (χ2n) is 11.5. The molecular weight excluding hydrogens is 564 g/mol. The van der Waals surface area contributed by atoms with Crippen molar-refractivity contribution >= 4 is 17.3 Å². The Morgan fingerprint density at radius 1 is 0.822 bits per heavy atom. The molecule has 0 radical (unpaired) electrons. The summed E-state index contributed by atoms with van der Waals surface area (Å²) >= 11 is 0. The van der Waals surface area contributed by atoms with Gasteiger partial charge in [-0.2, -0.15) is 0 Å². The maximum Gasteiger partial charge on any atom is 0.240 e. The Morgan fingerprint density at radius 3 is 2.09 bits per heavy atom. The van der Waals surface area contributed by atoms with E-state index >= 15 is 0 Å².